The van der Waals surface area contributed by atoms with E-state index in [1.807, 2.05) is 6.92 Å². The van der Waals surface area contributed by atoms with Gasteiger partial charge in [-0.25, -0.2) is 0 Å². The third-order valence-electron chi connectivity index (χ3n) is 4.54. The van der Waals surface area contributed by atoms with Gasteiger partial charge in [0.1, 0.15) is 17.2 Å². The molecule has 0 saturated carbocycles. The van der Waals surface area contributed by atoms with Crippen LogP contribution in [0.2, 0.25) is 0 Å². The Bertz CT molecular complexity index is 497. The van der Waals surface area contributed by atoms with Crippen LogP contribution < -0.4 is 5.32 Å². The van der Waals surface area contributed by atoms with E-state index in [0.29, 0.717) is 0 Å². The van der Waals surface area contributed by atoms with E-state index in [0.717, 1.165) is 76.9 Å². The lowest BCUT2D eigenvalue weighted by Crippen LogP contribution is -2.58. The number of ether oxygens (including phenoxy) is 3. The van der Waals surface area contributed by atoms with E-state index in [2.05, 4.69) is 27.4 Å². The Morgan fingerprint density at radius 2 is 1.96 bits per heavy atom. The first-order chi connectivity index (χ1) is 11.1. The van der Waals surface area contributed by atoms with Crippen molar-refractivity contribution in [1.29, 1.82) is 0 Å². The number of hydrogen-bond donors (Lipinski definition) is 2. The van der Waals surface area contributed by atoms with Crippen LogP contribution in [0.4, 0.5) is 0 Å². The lowest BCUT2D eigenvalue weighted by Gasteiger charge is -2.42. The molecule has 2 aliphatic rings. The van der Waals surface area contributed by atoms with Crippen LogP contribution in [0.5, 0.6) is 0 Å². The average molecular weight is 324 g/mol. The zero-order chi connectivity index (χ0) is 16.2. The summed E-state index contributed by atoms with van der Waals surface area (Å²) in [7, 11) is 0. The van der Waals surface area contributed by atoms with E-state index in [4.69, 9.17) is 14.2 Å². The fourth-order valence-electron chi connectivity index (χ4n) is 2.98. The summed E-state index contributed by atoms with van der Waals surface area (Å²) in [5, 5.41) is 11.6. The minimum atomic E-state index is -0.0734. The van der Waals surface area contributed by atoms with Gasteiger partial charge < -0.3 is 24.5 Å². The van der Waals surface area contributed by atoms with Crippen molar-refractivity contribution in [2.24, 2.45) is 0 Å². The van der Waals surface area contributed by atoms with Crippen molar-refractivity contribution in [2.45, 2.75) is 50.7 Å². The zero-order valence-electron chi connectivity index (χ0n) is 14.2. The molecule has 3 heterocycles. The van der Waals surface area contributed by atoms with Gasteiger partial charge in [-0.15, -0.1) is 10.2 Å². The molecule has 2 fully saturated rings. The Morgan fingerprint density at radius 3 is 2.52 bits per heavy atom. The van der Waals surface area contributed by atoms with E-state index in [1.165, 1.54) is 0 Å². The maximum absolute atomic E-state index is 6.13. The summed E-state index contributed by atoms with van der Waals surface area (Å²) in [5.41, 5.74) is 0.107. The molecule has 0 radical (unpaired) electrons. The van der Waals surface area contributed by atoms with Crippen molar-refractivity contribution in [3.05, 3.63) is 11.6 Å². The van der Waals surface area contributed by atoms with Crippen molar-refractivity contribution >= 4 is 0 Å². The molecule has 0 unspecified atom stereocenters. The molecule has 0 spiro atoms. The van der Waals surface area contributed by atoms with Gasteiger partial charge in [-0.1, -0.05) is 0 Å². The molecular weight excluding hydrogens is 296 g/mol. The number of nitrogens with one attached hydrogen (secondary N) is 2. The highest BCUT2D eigenvalue weighted by Gasteiger charge is 2.39. The van der Waals surface area contributed by atoms with Crippen molar-refractivity contribution < 1.29 is 14.2 Å². The van der Waals surface area contributed by atoms with Crippen LogP contribution >= 0.6 is 0 Å². The number of hydrogen-bond acceptors (Lipinski definition) is 6. The molecule has 1 aromatic heterocycles. The second-order valence-corrected chi connectivity index (χ2v) is 7.07. The molecule has 130 valence electrons. The van der Waals surface area contributed by atoms with E-state index >= 15 is 0 Å². The lowest BCUT2D eigenvalue weighted by atomic mass is 9.94. The van der Waals surface area contributed by atoms with Gasteiger partial charge in [0.15, 0.2) is 0 Å². The van der Waals surface area contributed by atoms with Gasteiger partial charge in [0.2, 0.25) is 0 Å². The number of nitrogens with zero attached hydrogens (tertiary/aromatic N) is 2. The molecule has 0 amide bonds. The van der Waals surface area contributed by atoms with Crippen LogP contribution in [0, 0.1) is 6.92 Å². The first kappa shape index (κ1) is 16.8. The molecule has 23 heavy (non-hydrogen) atoms. The van der Waals surface area contributed by atoms with Crippen molar-refractivity contribution in [1.82, 2.24) is 20.5 Å². The number of aromatic nitrogens is 3. The van der Waals surface area contributed by atoms with Crippen LogP contribution in [0.1, 0.15) is 37.8 Å². The molecule has 7 heteroatoms. The molecule has 0 bridgehead atoms. The minimum absolute atomic E-state index is 0.0734. The summed E-state index contributed by atoms with van der Waals surface area (Å²) in [6, 6.07) is 0. The molecule has 7 nitrogen and oxygen atoms in total. The second-order valence-electron chi connectivity index (χ2n) is 7.07. The lowest BCUT2D eigenvalue weighted by molar-refractivity contribution is -0.213. The highest BCUT2D eigenvalue weighted by atomic mass is 16.6. The van der Waals surface area contributed by atoms with Crippen molar-refractivity contribution in [3.63, 3.8) is 0 Å². The standard InChI is InChI=1S/C16H28N4O3/c1-13-18-14(20-19-13)5-3-8-23-16(11-22-12-16)6-4-7-17-15(2)9-21-10-15/h17H,3-12H2,1-2H3,(H,18,19,20). The summed E-state index contributed by atoms with van der Waals surface area (Å²) in [5.74, 6) is 1.80. The Balaban J connectivity index is 1.30. The molecule has 3 rings (SSSR count). The molecule has 0 aliphatic carbocycles. The van der Waals surface area contributed by atoms with Gasteiger partial charge in [0, 0.05) is 13.0 Å². The van der Waals surface area contributed by atoms with Crippen molar-refractivity contribution in [3.8, 4) is 0 Å². The molecule has 0 atom stereocenters. The van der Waals surface area contributed by atoms with Gasteiger partial charge in [-0.2, -0.15) is 0 Å². The largest absolute Gasteiger partial charge is 0.377 e. The van der Waals surface area contributed by atoms with Crippen LogP contribution in [0.15, 0.2) is 0 Å². The summed E-state index contributed by atoms with van der Waals surface area (Å²) >= 11 is 0. The third-order valence-corrected chi connectivity index (χ3v) is 4.54. The number of rotatable bonds is 10. The predicted octanol–water partition coefficient (Wildman–Crippen LogP) is 0.990. The van der Waals surface area contributed by atoms with E-state index in [9.17, 15) is 0 Å². The monoisotopic (exact) mass is 324 g/mol. The van der Waals surface area contributed by atoms with Gasteiger partial charge in [0.05, 0.1) is 32.0 Å². The minimum Gasteiger partial charge on any atom is -0.377 e. The predicted molar refractivity (Wildman–Crippen MR) is 85.4 cm³/mol. The maximum atomic E-state index is 6.13. The van der Waals surface area contributed by atoms with Crippen molar-refractivity contribution in [2.75, 3.05) is 39.6 Å². The average Bonchev–Trinajstić information content (AvgIpc) is 2.87. The highest BCUT2D eigenvalue weighted by molar-refractivity contribution is 4.92. The summed E-state index contributed by atoms with van der Waals surface area (Å²) < 4.78 is 16.8. The quantitative estimate of drug-likeness (QED) is 0.625. The Hall–Kier alpha value is -1.02. The molecule has 2 aliphatic heterocycles. The van der Waals surface area contributed by atoms with E-state index in [1.54, 1.807) is 0 Å². The Morgan fingerprint density at radius 1 is 1.17 bits per heavy atom. The molecule has 1 aromatic rings. The first-order valence-corrected chi connectivity index (χ1v) is 8.52. The topological polar surface area (TPSA) is 81.3 Å². The fraction of sp³-hybridized carbons (Fsp3) is 0.875. The fourth-order valence-corrected chi connectivity index (χ4v) is 2.98. The van der Waals surface area contributed by atoms with Gasteiger partial charge >= 0.3 is 0 Å². The number of aromatic amines is 1. The zero-order valence-corrected chi connectivity index (χ0v) is 14.2. The molecule has 2 N–H and O–H groups in total. The molecular formula is C16H28N4O3. The molecule has 0 aromatic carbocycles. The number of H-pyrrole nitrogens is 1. The highest BCUT2D eigenvalue weighted by Crippen LogP contribution is 2.28. The van der Waals surface area contributed by atoms with Gasteiger partial charge in [-0.05, 0) is 39.7 Å². The SMILES string of the molecule is Cc1nnc(CCCOC2(CCCNC3(C)COC3)COC2)[nH]1. The van der Waals surface area contributed by atoms with Crippen LogP contribution in [0.3, 0.4) is 0 Å². The van der Waals surface area contributed by atoms with Crippen LogP contribution in [-0.4, -0.2) is 65.9 Å². The number of aryl methyl sites for hydroxylation is 2. The first-order valence-electron chi connectivity index (χ1n) is 8.52. The van der Waals surface area contributed by atoms with Gasteiger partial charge in [0.25, 0.3) is 0 Å². The normalized spacial score (nSPS) is 21.7. The summed E-state index contributed by atoms with van der Waals surface area (Å²) in [4.78, 5) is 3.15. The smallest absolute Gasteiger partial charge is 0.130 e. The molecule has 2 saturated heterocycles. The van der Waals surface area contributed by atoms with E-state index in [-0.39, 0.29) is 11.1 Å². The Kier molecular flexibility index (Phi) is 5.31. The summed E-state index contributed by atoms with van der Waals surface area (Å²) in [6.07, 6.45) is 3.96. The van der Waals surface area contributed by atoms with Crippen LogP contribution in [-0.2, 0) is 20.6 Å². The maximum Gasteiger partial charge on any atom is 0.130 e. The third kappa shape index (κ3) is 4.50. The Labute approximate surface area is 137 Å². The summed E-state index contributed by atoms with van der Waals surface area (Å²) in [6.45, 7) is 8.93. The van der Waals surface area contributed by atoms with E-state index < -0.39 is 0 Å². The van der Waals surface area contributed by atoms with Crippen LogP contribution in [0.25, 0.3) is 0 Å². The second kappa shape index (κ2) is 7.25. The van der Waals surface area contributed by atoms with Gasteiger partial charge in [-0.3, -0.25) is 0 Å².